The summed E-state index contributed by atoms with van der Waals surface area (Å²) >= 11 is 0. The van der Waals surface area contributed by atoms with Gasteiger partial charge in [-0.25, -0.2) is 0 Å². The van der Waals surface area contributed by atoms with Crippen LogP contribution in [0.4, 0.5) is 0 Å². The number of nitrogens with zero attached hydrogens (tertiary/aromatic N) is 1. The standard InChI is InChI=1S/C22H27NO3/c1-4-13-26-22(25)19-14(3)23-17-7-6-8-18(24)21(17)20(19)16-11-9-15(5-2)10-12-16/h9-12,19-20H,4-8,13H2,1-3H3/t19?,20-/m1/s1. The Labute approximate surface area is 155 Å². The number of aliphatic imine (C=N–C) groups is 1. The Morgan fingerprint density at radius 3 is 2.58 bits per heavy atom. The van der Waals surface area contributed by atoms with Crippen LogP contribution >= 0.6 is 0 Å². The Morgan fingerprint density at radius 1 is 1.19 bits per heavy atom. The number of hydrogen-bond acceptors (Lipinski definition) is 4. The Balaban J connectivity index is 2.07. The third kappa shape index (κ3) is 3.50. The number of aryl methyl sites for hydroxylation is 1. The lowest BCUT2D eigenvalue weighted by molar-refractivity contribution is -0.146. The summed E-state index contributed by atoms with van der Waals surface area (Å²) < 4.78 is 5.46. The molecule has 0 saturated heterocycles. The second-order valence-electron chi connectivity index (χ2n) is 7.11. The zero-order chi connectivity index (χ0) is 18.7. The summed E-state index contributed by atoms with van der Waals surface area (Å²) in [4.78, 5) is 30.2. The molecule has 1 aliphatic carbocycles. The first-order valence-corrected chi connectivity index (χ1v) is 9.63. The molecule has 138 valence electrons. The summed E-state index contributed by atoms with van der Waals surface area (Å²) in [6, 6.07) is 8.26. The predicted octanol–water partition coefficient (Wildman–Crippen LogP) is 4.38. The van der Waals surface area contributed by atoms with E-state index in [1.165, 1.54) is 5.56 Å². The number of rotatable bonds is 5. The number of ketones is 1. The van der Waals surface area contributed by atoms with Gasteiger partial charge in [0.1, 0.15) is 5.92 Å². The van der Waals surface area contributed by atoms with Gasteiger partial charge < -0.3 is 4.74 Å². The third-order valence-corrected chi connectivity index (χ3v) is 5.28. The maximum absolute atomic E-state index is 12.8. The van der Waals surface area contributed by atoms with Gasteiger partial charge in [0.2, 0.25) is 0 Å². The lowest BCUT2D eigenvalue weighted by Crippen LogP contribution is -2.37. The smallest absolute Gasteiger partial charge is 0.315 e. The van der Waals surface area contributed by atoms with Crippen molar-refractivity contribution in [1.29, 1.82) is 0 Å². The van der Waals surface area contributed by atoms with Gasteiger partial charge in [0, 0.05) is 29.3 Å². The molecule has 0 aromatic heterocycles. The number of carbonyl (C=O) groups is 2. The van der Waals surface area contributed by atoms with Gasteiger partial charge in [-0.15, -0.1) is 0 Å². The van der Waals surface area contributed by atoms with Gasteiger partial charge in [-0.2, -0.15) is 0 Å². The van der Waals surface area contributed by atoms with E-state index in [9.17, 15) is 9.59 Å². The topological polar surface area (TPSA) is 55.7 Å². The Kier molecular flexibility index (Phi) is 5.70. The van der Waals surface area contributed by atoms with Gasteiger partial charge in [0.05, 0.1) is 6.61 Å². The first kappa shape index (κ1) is 18.6. The van der Waals surface area contributed by atoms with Crippen molar-refractivity contribution < 1.29 is 14.3 Å². The van der Waals surface area contributed by atoms with Crippen molar-refractivity contribution in [1.82, 2.24) is 0 Å². The fourth-order valence-corrected chi connectivity index (χ4v) is 3.92. The molecule has 0 bridgehead atoms. The molecular formula is C22H27NO3. The zero-order valence-corrected chi connectivity index (χ0v) is 15.9. The molecule has 1 aliphatic heterocycles. The molecule has 4 heteroatoms. The van der Waals surface area contributed by atoms with Crippen molar-refractivity contribution in [2.24, 2.45) is 10.9 Å². The van der Waals surface area contributed by atoms with Gasteiger partial charge in [-0.1, -0.05) is 38.1 Å². The summed E-state index contributed by atoms with van der Waals surface area (Å²) in [7, 11) is 0. The first-order valence-electron chi connectivity index (χ1n) is 9.63. The molecule has 3 rings (SSSR count). The summed E-state index contributed by atoms with van der Waals surface area (Å²) in [6.45, 7) is 6.36. The minimum atomic E-state index is -0.519. The monoisotopic (exact) mass is 353 g/mol. The van der Waals surface area contributed by atoms with Crippen LogP contribution in [0.5, 0.6) is 0 Å². The first-order chi connectivity index (χ1) is 12.6. The van der Waals surface area contributed by atoms with Gasteiger partial charge in [-0.05, 0) is 43.7 Å². The van der Waals surface area contributed by atoms with Crippen LogP contribution in [0.3, 0.4) is 0 Å². The molecule has 0 spiro atoms. The van der Waals surface area contributed by atoms with Gasteiger partial charge in [0.15, 0.2) is 5.78 Å². The van der Waals surface area contributed by atoms with Crippen LogP contribution in [0.1, 0.15) is 63.5 Å². The van der Waals surface area contributed by atoms with E-state index in [4.69, 9.17) is 4.74 Å². The van der Waals surface area contributed by atoms with Crippen molar-refractivity contribution >= 4 is 17.5 Å². The lowest BCUT2D eigenvalue weighted by atomic mass is 9.71. The van der Waals surface area contributed by atoms with E-state index in [0.717, 1.165) is 48.2 Å². The highest BCUT2D eigenvalue weighted by atomic mass is 16.5. The number of ether oxygens (including phenoxy) is 1. The Hall–Kier alpha value is -2.23. The van der Waals surface area contributed by atoms with Crippen LogP contribution < -0.4 is 0 Å². The molecule has 0 radical (unpaired) electrons. The molecule has 4 nitrogen and oxygen atoms in total. The number of Topliss-reactive ketones (excluding diaryl/α,β-unsaturated/α-hetero) is 1. The van der Waals surface area contributed by atoms with Crippen LogP contribution in [0.25, 0.3) is 0 Å². The van der Waals surface area contributed by atoms with E-state index in [2.05, 4.69) is 36.2 Å². The molecule has 0 N–H and O–H groups in total. The third-order valence-electron chi connectivity index (χ3n) is 5.28. The number of esters is 1. The zero-order valence-electron chi connectivity index (χ0n) is 15.9. The van der Waals surface area contributed by atoms with E-state index in [-0.39, 0.29) is 17.7 Å². The van der Waals surface area contributed by atoms with E-state index in [1.807, 2.05) is 13.8 Å². The molecule has 1 heterocycles. The number of allylic oxidation sites excluding steroid dienone is 2. The molecule has 0 amide bonds. The molecule has 1 aromatic rings. The Bertz CT molecular complexity index is 758. The van der Waals surface area contributed by atoms with Gasteiger partial charge in [0.25, 0.3) is 0 Å². The van der Waals surface area contributed by atoms with E-state index < -0.39 is 5.92 Å². The fraction of sp³-hybridized carbons (Fsp3) is 0.500. The van der Waals surface area contributed by atoms with E-state index >= 15 is 0 Å². The van der Waals surface area contributed by atoms with Gasteiger partial charge >= 0.3 is 5.97 Å². The Morgan fingerprint density at radius 2 is 1.92 bits per heavy atom. The average Bonchev–Trinajstić information content (AvgIpc) is 2.65. The van der Waals surface area contributed by atoms with Crippen LogP contribution in [-0.2, 0) is 20.7 Å². The predicted molar refractivity (Wildman–Crippen MR) is 102 cm³/mol. The summed E-state index contributed by atoms with van der Waals surface area (Å²) in [5.74, 6) is -0.955. The summed E-state index contributed by atoms with van der Waals surface area (Å²) in [6.07, 6.45) is 3.91. The SMILES string of the molecule is CCCOC(=O)C1C(C)=NC2=C(C(=O)CCC2)[C@@H]1c1ccc(CC)cc1. The van der Waals surface area contributed by atoms with Gasteiger partial charge in [-0.3, -0.25) is 14.6 Å². The van der Waals surface area contributed by atoms with Crippen LogP contribution in [0, 0.1) is 5.92 Å². The quantitative estimate of drug-likeness (QED) is 0.738. The largest absolute Gasteiger partial charge is 0.465 e. The van der Waals surface area contributed by atoms with Crippen LogP contribution in [0.2, 0.25) is 0 Å². The summed E-state index contributed by atoms with van der Waals surface area (Å²) in [5.41, 5.74) is 4.58. The molecule has 0 saturated carbocycles. The molecule has 2 atom stereocenters. The molecule has 2 aliphatic rings. The van der Waals surface area contributed by atoms with Crippen molar-refractivity contribution in [3.63, 3.8) is 0 Å². The summed E-state index contributed by atoms with van der Waals surface area (Å²) in [5, 5.41) is 0. The second kappa shape index (κ2) is 7.98. The van der Waals surface area contributed by atoms with Crippen LogP contribution in [0.15, 0.2) is 40.5 Å². The average molecular weight is 353 g/mol. The number of benzene rings is 1. The molecule has 1 unspecified atom stereocenters. The molecule has 26 heavy (non-hydrogen) atoms. The van der Waals surface area contributed by atoms with Crippen molar-refractivity contribution in [2.75, 3.05) is 6.61 Å². The normalized spacial score (nSPS) is 22.7. The maximum Gasteiger partial charge on any atom is 0.315 e. The number of hydrogen-bond donors (Lipinski definition) is 0. The number of carbonyl (C=O) groups excluding carboxylic acids is 2. The maximum atomic E-state index is 12.8. The lowest BCUT2D eigenvalue weighted by Gasteiger charge is -2.34. The fourth-order valence-electron chi connectivity index (χ4n) is 3.92. The molecular weight excluding hydrogens is 326 g/mol. The minimum Gasteiger partial charge on any atom is -0.465 e. The minimum absolute atomic E-state index is 0.125. The highest BCUT2D eigenvalue weighted by Crippen LogP contribution is 2.43. The molecule has 0 fully saturated rings. The van der Waals surface area contributed by atoms with E-state index in [1.54, 1.807) is 0 Å². The second-order valence-corrected chi connectivity index (χ2v) is 7.11. The van der Waals surface area contributed by atoms with Crippen molar-refractivity contribution in [3.05, 3.63) is 46.7 Å². The van der Waals surface area contributed by atoms with Crippen molar-refractivity contribution in [3.8, 4) is 0 Å². The van der Waals surface area contributed by atoms with E-state index in [0.29, 0.717) is 13.0 Å². The van der Waals surface area contributed by atoms with Crippen molar-refractivity contribution in [2.45, 2.75) is 58.8 Å². The molecule has 1 aromatic carbocycles. The highest BCUT2D eigenvalue weighted by Gasteiger charge is 2.43. The highest BCUT2D eigenvalue weighted by molar-refractivity contribution is 6.08. The van der Waals surface area contributed by atoms with Crippen LogP contribution in [-0.4, -0.2) is 24.1 Å².